The molecule has 4 rings (SSSR count). The third-order valence-corrected chi connectivity index (χ3v) is 7.78. The first kappa shape index (κ1) is 22.3. The summed E-state index contributed by atoms with van der Waals surface area (Å²) >= 11 is 1.26. The molecule has 1 aromatic carbocycles. The molecule has 11 heteroatoms. The molecular formula is C21H26N6O3S2. The van der Waals surface area contributed by atoms with E-state index in [4.69, 9.17) is 0 Å². The lowest BCUT2D eigenvalue weighted by Gasteiger charge is -2.30. The van der Waals surface area contributed by atoms with Crippen LogP contribution in [-0.4, -0.2) is 48.2 Å². The molecule has 3 heterocycles. The molecule has 0 unspecified atom stereocenters. The van der Waals surface area contributed by atoms with Crippen LogP contribution in [0.5, 0.6) is 0 Å². The Morgan fingerprint density at radius 3 is 2.75 bits per heavy atom. The van der Waals surface area contributed by atoms with Crippen LogP contribution in [0.15, 0.2) is 41.9 Å². The highest BCUT2D eigenvalue weighted by molar-refractivity contribution is 7.91. The van der Waals surface area contributed by atoms with E-state index in [1.54, 1.807) is 6.20 Å². The molecule has 0 aliphatic carbocycles. The summed E-state index contributed by atoms with van der Waals surface area (Å²) in [5.74, 6) is -0.0864. The summed E-state index contributed by atoms with van der Waals surface area (Å²) in [6.45, 7) is 4.01. The summed E-state index contributed by atoms with van der Waals surface area (Å²) < 4.78 is 24.5. The Labute approximate surface area is 191 Å². The van der Waals surface area contributed by atoms with Crippen LogP contribution in [-0.2, 0) is 16.3 Å². The van der Waals surface area contributed by atoms with Crippen molar-refractivity contribution >= 4 is 43.7 Å². The van der Waals surface area contributed by atoms with E-state index in [-0.39, 0.29) is 16.9 Å². The van der Waals surface area contributed by atoms with E-state index in [2.05, 4.69) is 36.6 Å². The van der Waals surface area contributed by atoms with Crippen molar-refractivity contribution in [2.24, 2.45) is 0 Å². The number of amides is 2. The zero-order valence-electron chi connectivity index (χ0n) is 17.8. The number of imidazole rings is 1. The molecular weight excluding hydrogens is 448 g/mol. The van der Waals surface area contributed by atoms with Gasteiger partial charge in [-0.1, -0.05) is 6.07 Å². The van der Waals surface area contributed by atoms with E-state index in [9.17, 15) is 13.2 Å². The van der Waals surface area contributed by atoms with Gasteiger partial charge in [-0.05, 0) is 50.3 Å². The van der Waals surface area contributed by atoms with Crippen LogP contribution >= 0.6 is 11.3 Å². The van der Waals surface area contributed by atoms with Gasteiger partial charge in [0.2, 0.25) is 15.0 Å². The molecule has 0 saturated carbocycles. The quantitative estimate of drug-likeness (QED) is 0.479. The molecule has 1 saturated heterocycles. The van der Waals surface area contributed by atoms with Crippen molar-refractivity contribution < 1.29 is 13.2 Å². The number of H-pyrrole nitrogens is 1. The maximum atomic E-state index is 12.6. The normalized spacial score (nSPS) is 14.3. The Kier molecular flexibility index (Phi) is 6.75. The minimum atomic E-state index is -3.48. The smallest absolute Gasteiger partial charge is 0.325 e. The van der Waals surface area contributed by atoms with Gasteiger partial charge in [0.1, 0.15) is 0 Å². The second kappa shape index (κ2) is 9.70. The minimum Gasteiger partial charge on any atom is -0.370 e. The minimum absolute atomic E-state index is 0.0395. The summed E-state index contributed by atoms with van der Waals surface area (Å²) in [4.78, 5) is 26.3. The van der Waals surface area contributed by atoms with Gasteiger partial charge >= 0.3 is 6.03 Å². The van der Waals surface area contributed by atoms with E-state index >= 15 is 0 Å². The van der Waals surface area contributed by atoms with Crippen LogP contribution in [0.3, 0.4) is 0 Å². The van der Waals surface area contributed by atoms with Crippen LogP contribution < -0.4 is 15.5 Å². The fourth-order valence-electron chi connectivity index (χ4n) is 3.63. The fraction of sp³-hybridized carbons (Fsp3) is 0.381. The maximum Gasteiger partial charge on any atom is 0.325 e. The Morgan fingerprint density at radius 1 is 1.19 bits per heavy atom. The molecule has 0 radical (unpaired) electrons. The average molecular weight is 475 g/mol. The number of nitrogens with zero attached hydrogens (tertiary/aromatic N) is 3. The van der Waals surface area contributed by atoms with Crippen molar-refractivity contribution in [2.75, 3.05) is 34.4 Å². The molecule has 170 valence electrons. The van der Waals surface area contributed by atoms with Crippen molar-refractivity contribution in [3.8, 4) is 0 Å². The molecule has 2 aromatic heterocycles. The van der Waals surface area contributed by atoms with Crippen molar-refractivity contribution in [1.29, 1.82) is 0 Å². The van der Waals surface area contributed by atoms with E-state index in [0.29, 0.717) is 11.6 Å². The summed E-state index contributed by atoms with van der Waals surface area (Å²) in [6.07, 6.45) is 8.30. The van der Waals surface area contributed by atoms with Gasteiger partial charge < -0.3 is 15.2 Å². The summed E-state index contributed by atoms with van der Waals surface area (Å²) in [5.41, 5.74) is 2.93. The van der Waals surface area contributed by atoms with E-state index in [1.165, 1.54) is 30.2 Å². The Balaban J connectivity index is 1.37. The molecule has 1 aliphatic heterocycles. The number of rotatable bonds is 7. The zero-order valence-corrected chi connectivity index (χ0v) is 19.4. The third-order valence-electron chi connectivity index (χ3n) is 5.26. The van der Waals surface area contributed by atoms with Gasteiger partial charge in [0, 0.05) is 36.6 Å². The number of anilines is 3. The van der Waals surface area contributed by atoms with Crippen LogP contribution in [0.4, 0.5) is 21.3 Å². The fourth-order valence-corrected chi connectivity index (χ4v) is 5.72. The van der Waals surface area contributed by atoms with Crippen LogP contribution in [0.1, 0.15) is 29.7 Å². The topological polar surface area (TPSA) is 120 Å². The number of hydrogen-bond donors (Lipinski definition) is 3. The first-order valence-electron chi connectivity index (χ1n) is 10.5. The Morgan fingerprint density at radius 2 is 2.00 bits per heavy atom. The zero-order chi connectivity index (χ0) is 22.6. The number of aryl methyl sites for hydroxylation is 2. The van der Waals surface area contributed by atoms with Gasteiger partial charge in [-0.25, -0.2) is 23.2 Å². The number of sulfone groups is 1. The molecule has 3 N–H and O–H groups in total. The van der Waals surface area contributed by atoms with Gasteiger partial charge in [-0.15, -0.1) is 11.3 Å². The van der Waals surface area contributed by atoms with Crippen molar-refractivity contribution in [3.63, 3.8) is 0 Å². The number of carbonyl (C=O) groups is 1. The van der Waals surface area contributed by atoms with E-state index < -0.39 is 9.84 Å². The van der Waals surface area contributed by atoms with Gasteiger partial charge in [0.05, 0.1) is 17.1 Å². The monoisotopic (exact) mass is 474 g/mol. The second-order valence-corrected chi connectivity index (χ2v) is 10.9. The molecule has 32 heavy (non-hydrogen) atoms. The average Bonchev–Trinajstić information content (AvgIpc) is 3.47. The lowest BCUT2D eigenvalue weighted by molar-refractivity contribution is 0.262. The molecule has 9 nitrogen and oxygen atoms in total. The van der Waals surface area contributed by atoms with Crippen LogP contribution in [0.2, 0.25) is 0 Å². The first-order valence-corrected chi connectivity index (χ1v) is 13.0. The number of nitrogens with one attached hydrogen (secondary N) is 3. The van der Waals surface area contributed by atoms with Gasteiger partial charge in [0.15, 0.2) is 5.13 Å². The molecule has 0 bridgehead atoms. The highest BCUT2D eigenvalue weighted by Crippen LogP contribution is 2.30. The van der Waals surface area contributed by atoms with E-state index in [0.717, 1.165) is 47.7 Å². The Hall–Kier alpha value is -2.92. The number of urea groups is 1. The lowest BCUT2D eigenvalue weighted by atomic mass is 10.1. The van der Waals surface area contributed by atoms with Crippen LogP contribution in [0.25, 0.3) is 0 Å². The van der Waals surface area contributed by atoms with Crippen molar-refractivity contribution in [1.82, 2.24) is 15.0 Å². The molecule has 3 aromatic rings. The Bertz CT molecular complexity index is 1170. The van der Waals surface area contributed by atoms with Gasteiger partial charge in [-0.2, -0.15) is 0 Å². The highest BCUT2D eigenvalue weighted by atomic mass is 32.2. The summed E-state index contributed by atoms with van der Waals surface area (Å²) in [5, 5.41) is 6.06. The molecule has 0 spiro atoms. The lowest BCUT2D eigenvalue weighted by Crippen LogP contribution is -2.31. The van der Waals surface area contributed by atoms with Gasteiger partial charge in [0.25, 0.3) is 0 Å². The molecule has 2 amide bonds. The third kappa shape index (κ3) is 5.46. The number of piperidine rings is 1. The highest BCUT2D eigenvalue weighted by Gasteiger charge is 2.19. The molecule has 0 atom stereocenters. The SMILES string of the molecule is Cc1ccc(NC(=O)Nc2ncc(CCS(=O)(=O)c3ncc[nH]3)s2)c(N2CCCCC2)c1. The van der Waals surface area contributed by atoms with E-state index in [1.807, 2.05) is 19.1 Å². The van der Waals surface area contributed by atoms with Gasteiger partial charge in [-0.3, -0.25) is 5.32 Å². The number of hydrogen-bond acceptors (Lipinski definition) is 7. The molecule has 1 aliphatic rings. The number of thiazole rings is 1. The van der Waals surface area contributed by atoms with Crippen molar-refractivity contribution in [2.45, 2.75) is 37.8 Å². The predicted molar refractivity (Wildman–Crippen MR) is 126 cm³/mol. The molecule has 1 fully saturated rings. The second-order valence-electron chi connectivity index (χ2n) is 7.74. The first-order chi connectivity index (χ1) is 15.4. The predicted octanol–water partition coefficient (Wildman–Crippen LogP) is 3.83. The standard InChI is InChI=1S/C21H26N6O3S2/c1-15-5-6-17(18(13-15)27-10-3-2-4-11-27)25-19(28)26-20-24-14-16(31-20)7-12-32(29,30)21-22-8-9-23-21/h5-6,8-9,13-14H,2-4,7,10-12H2,1H3,(H,22,23)(H2,24,25,26,28). The number of benzene rings is 1. The summed E-state index contributed by atoms with van der Waals surface area (Å²) in [6, 6.07) is 5.62. The summed E-state index contributed by atoms with van der Waals surface area (Å²) in [7, 11) is -3.48. The number of aromatic nitrogens is 3. The van der Waals surface area contributed by atoms with Crippen molar-refractivity contribution in [3.05, 3.63) is 47.2 Å². The largest absolute Gasteiger partial charge is 0.370 e. The number of carbonyl (C=O) groups excluding carboxylic acids is 1. The van der Waals surface area contributed by atoms with Crippen LogP contribution in [0, 0.1) is 6.92 Å². The number of aromatic amines is 1. The maximum absolute atomic E-state index is 12.6.